The number of fused-ring (bicyclic) bond motifs is 53. The molecule has 4 atom stereocenters. The van der Waals surface area contributed by atoms with E-state index in [0.717, 1.165) is 19.3 Å². The number of anilines is 10. The topological polar surface area (TPSA) is 45.8 Å². The second-order valence-corrected chi connectivity index (χ2v) is 32.9. The summed E-state index contributed by atoms with van der Waals surface area (Å²) in [5.41, 5.74) is 45.2. The first-order chi connectivity index (χ1) is 60.2. The van der Waals surface area contributed by atoms with E-state index in [0.29, 0.717) is 0 Å². The molecule has 11 nitrogen and oxygen atoms in total. The highest BCUT2D eigenvalue weighted by molar-refractivity contribution is 6.00. The summed E-state index contributed by atoms with van der Waals surface area (Å²) < 4.78 is 14.0. The zero-order valence-corrected chi connectivity index (χ0v) is 66.2. The third-order valence-corrected chi connectivity index (χ3v) is 27.0. The molecule has 0 amide bonds. The third kappa shape index (κ3) is 9.76. The summed E-state index contributed by atoms with van der Waals surface area (Å²) in [5, 5.41) is 0. The number of aromatic nitrogens is 6. The summed E-state index contributed by atoms with van der Waals surface area (Å²) in [4.78, 5) is 12.6. The lowest BCUT2D eigenvalue weighted by molar-refractivity contribution is 0.672. The molecule has 4 unspecified atom stereocenters. The number of rotatable bonds is 0. The third-order valence-electron chi connectivity index (χ3n) is 27.0. The highest BCUT2D eigenvalue weighted by Gasteiger charge is 2.46. The van der Waals surface area contributed by atoms with Crippen LogP contribution in [0.4, 0.5) is 56.9 Å². The van der Waals surface area contributed by atoms with Crippen LogP contribution in [0.1, 0.15) is 106 Å². The predicted molar refractivity (Wildman–Crippen MR) is 490 cm³/mol. The first-order valence-corrected chi connectivity index (χ1v) is 42.4. The first kappa shape index (κ1) is 67.7. The molecule has 11 aromatic carbocycles. The van der Waals surface area contributed by atoms with Gasteiger partial charge in [-0.25, -0.2) is 0 Å². The monoisotopic (exact) mass is 1550 g/mol. The van der Waals surface area contributed by atoms with E-state index >= 15 is 0 Å². The van der Waals surface area contributed by atoms with Gasteiger partial charge in [0.1, 0.15) is 24.2 Å². The van der Waals surface area contributed by atoms with Gasteiger partial charge in [0.15, 0.2) is 0 Å². The van der Waals surface area contributed by atoms with Crippen LogP contribution in [0.15, 0.2) is 430 Å². The number of para-hydroxylation sites is 16. The maximum absolute atomic E-state index is 2.53. The van der Waals surface area contributed by atoms with E-state index in [1.807, 2.05) is 0 Å². The molecule has 30 rings (SSSR count). The molecule has 10 aliphatic heterocycles. The van der Waals surface area contributed by atoms with Gasteiger partial charge in [-0.1, -0.05) is 206 Å². The molecule has 0 bridgehead atoms. The fourth-order valence-corrected chi connectivity index (χ4v) is 22.3. The van der Waals surface area contributed by atoms with Crippen molar-refractivity contribution < 1.29 is 0 Å². The molecule has 574 valence electrons. The Balaban J connectivity index is 0.0000000816. The highest BCUT2D eigenvalue weighted by atomic mass is 15.3. The van der Waals surface area contributed by atoms with Crippen molar-refractivity contribution in [2.45, 2.75) is 49.5 Å². The molecular formula is C110H79N11. The van der Waals surface area contributed by atoms with Gasteiger partial charge in [0.2, 0.25) is 0 Å². The molecule has 17 aromatic rings. The molecule has 0 fully saturated rings. The Hall–Kier alpha value is -15.5. The molecule has 0 N–H and O–H groups in total. The Morgan fingerprint density at radius 3 is 1.01 bits per heavy atom. The molecular weight excluding hydrogens is 1480 g/mol. The summed E-state index contributed by atoms with van der Waals surface area (Å²) in [5.74, 6) is 0. The summed E-state index contributed by atoms with van der Waals surface area (Å²) in [6.07, 6.45) is 30.2. The Morgan fingerprint density at radius 1 is 0.215 bits per heavy atom. The minimum Gasteiger partial charge on any atom is -0.326 e. The van der Waals surface area contributed by atoms with Gasteiger partial charge in [0.25, 0.3) is 0 Å². The van der Waals surface area contributed by atoms with Crippen molar-refractivity contribution in [3.8, 4) is 45.3 Å². The summed E-state index contributed by atoms with van der Waals surface area (Å²) in [7, 11) is 0. The second kappa shape index (κ2) is 26.5. The van der Waals surface area contributed by atoms with E-state index in [4.69, 9.17) is 0 Å². The van der Waals surface area contributed by atoms with Crippen LogP contribution < -0.4 is 24.5 Å². The standard InChI is InChI=1S/C23H16N2.3C22H16N2.C21H15N3/c1-2-10-18-16(8-1)17-9-3-4-11-19(17)25-21-13-6-5-12-20(21)24-15-7-14-22(24)23(18)25;3*1-2-10-18-16(7-1)15-8-5-9-17(15)22-21-13-6-14-23(21)19-11-3-4-12-20(19)24(18)22;1-3-9-17-15(7-1)22-13-5-11-19(22)21-20-12-6-14-23(20)16-8-2-4-10-18(16)24(17)21/h1-15,23H;1-4,6-14,22H,5H2;1-7,9-14,22H,8H2;1-8,10-14,22H,9H2;1-14,21H. The van der Waals surface area contributed by atoms with E-state index in [1.165, 1.54) is 192 Å². The molecule has 11 heteroatoms. The van der Waals surface area contributed by atoms with Crippen LogP contribution in [0.25, 0.3) is 62.0 Å². The van der Waals surface area contributed by atoms with Gasteiger partial charge in [-0.15, -0.1) is 0 Å². The molecule has 0 spiro atoms. The van der Waals surface area contributed by atoms with Crippen molar-refractivity contribution in [2.75, 3.05) is 24.5 Å². The van der Waals surface area contributed by atoms with Gasteiger partial charge in [0.05, 0.1) is 114 Å². The average Bonchev–Trinajstić information content (AvgIpc) is 1.62. The Morgan fingerprint density at radius 2 is 0.529 bits per heavy atom. The number of hydrogen-bond acceptors (Lipinski definition) is 5. The molecule has 3 aliphatic carbocycles. The van der Waals surface area contributed by atoms with Crippen LogP contribution in [-0.2, 0) is 0 Å². The van der Waals surface area contributed by atoms with E-state index in [1.54, 1.807) is 0 Å². The van der Waals surface area contributed by atoms with Crippen LogP contribution in [-0.4, -0.2) is 27.4 Å². The molecule has 0 saturated heterocycles. The Bertz CT molecular complexity index is 7290. The molecule has 16 heterocycles. The Labute approximate surface area is 702 Å². The van der Waals surface area contributed by atoms with E-state index in [-0.39, 0.29) is 30.2 Å². The van der Waals surface area contributed by atoms with E-state index in [2.05, 4.69) is 465 Å². The van der Waals surface area contributed by atoms with Crippen molar-refractivity contribution in [2.24, 2.45) is 0 Å². The second-order valence-electron chi connectivity index (χ2n) is 32.9. The van der Waals surface area contributed by atoms with Crippen LogP contribution in [0, 0.1) is 0 Å². The molecule has 121 heavy (non-hydrogen) atoms. The predicted octanol–water partition coefficient (Wildman–Crippen LogP) is 26.7. The van der Waals surface area contributed by atoms with Crippen molar-refractivity contribution in [3.63, 3.8) is 0 Å². The van der Waals surface area contributed by atoms with Gasteiger partial charge in [-0.3, -0.25) is 0 Å². The summed E-state index contributed by atoms with van der Waals surface area (Å²) in [6, 6.07) is 124. The van der Waals surface area contributed by atoms with Crippen molar-refractivity contribution >= 4 is 73.6 Å². The lowest BCUT2D eigenvalue weighted by Crippen LogP contribution is -2.36. The highest BCUT2D eigenvalue weighted by Crippen LogP contribution is 2.61. The normalized spacial score (nSPS) is 17.8. The number of nitrogens with zero attached hydrogens (tertiary/aromatic N) is 11. The van der Waals surface area contributed by atoms with Gasteiger partial charge >= 0.3 is 0 Å². The summed E-state index contributed by atoms with van der Waals surface area (Å²) in [6.45, 7) is 0. The molecule has 6 aromatic heterocycles. The molecule has 13 aliphatic rings. The van der Waals surface area contributed by atoms with Crippen LogP contribution >= 0.6 is 0 Å². The fourth-order valence-electron chi connectivity index (χ4n) is 22.3. The average molecular weight is 1550 g/mol. The van der Waals surface area contributed by atoms with Gasteiger partial charge in [-0.2, -0.15) is 0 Å². The maximum atomic E-state index is 2.53. The number of benzene rings is 11. The van der Waals surface area contributed by atoms with Gasteiger partial charge in [-0.05, 0) is 234 Å². The molecule has 0 radical (unpaired) electrons. The van der Waals surface area contributed by atoms with Crippen molar-refractivity contribution in [1.29, 1.82) is 0 Å². The lowest BCUT2D eigenvalue weighted by Gasteiger charge is -2.45. The van der Waals surface area contributed by atoms with Crippen LogP contribution in [0.3, 0.4) is 0 Å². The van der Waals surface area contributed by atoms with Crippen molar-refractivity contribution in [1.82, 2.24) is 27.4 Å². The number of hydrogen-bond donors (Lipinski definition) is 0. The zero-order chi connectivity index (χ0) is 79.1. The fraction of sp³-hybridized carbons (Fsp3) is 0.0727. The van der Waals surface area contributed by atoms with Crippen LogP contribution in [0.5, 0.6) is 0 Å². The minimum atomic E-state index is 0.194. The van der Waals surface area contributed by atoms with E-state index in [9.17, 15) is 0 Å². The minimum absolute atomic E-state index is 0.194. The summed E-state index contributed by atoms with van der Waals surface area (Å²) >= 11 is 0. The van der Waals surface area contributed by atoms with Crippen LogP contribution in [0.2, 0.25) is 0 Å². The SMILES string of the molecule is C1=C2C(=CC1)C1c3cccn3-c3ccccc3N1c1ccccc12.C1=CC2=C(C1)C1c3cccn3-c3ccccc3N1c1ccccc12.C1=CC2=C(C1)c1ccccc1N1c3ccccc3-n3cccc3C21.c1ccc2c(c1)-c1ccccc1N1c3ccccc3-n3cccc3C21.c1ccc2c(c1)N1c3ccccc3-n3cccc3C1c1cccn1-2. The lowest BCUT2D eigenvalue weighted by atomic mass is 9.84. The maximum Gasteiger partial charge on any atom is 0.115 e. The van der Waals surface area contributed by atoms with Crippen molar-refractivity contribution in [3.05, 3.63) is 486 Å². The Kier molecular flexibility index (Phi) is 14.8. The van der Waals surface area contributed by atoms with Gasteiger partial charge in [0, 0.05) is 76.5 Å². The largest absolute Gasteiger partial charge is 0.326 e. The molecule has 0 saturated carbocycles. The zero-order valence-electron chi connectivity index (χ0n) is 66.2. The quantitative estimate of drug-likeness (QED) is 0.151. The van der Waals surface area contributed by atoms with E-state index < -0.39 is 0 Å². The first-order valence-electron chi connectivity index (χ1n) is 42.4. The number of allylic oxidation sites excluding steroid dienone is 7. The smallest absolute Gasteiger partial charge is 0.115 e. The van der Waals surface area contributed by atoms with Gasteiger partial charge < -0.3 is 51.9 Å².